The first kappa shape index (κ1) is 22.0. The molecule has 0 aliphatic carbocycles. The van der Waals surface area contributed by atoms with Crippen molar-refractivity contribution in [3.05, 3.63) is 48.3 Å². The minimum Gasteiger partial charge on any atom is -0.492 e. The highest BCUT2D eigenvalue weighted by Gasteiger charge is 2.27. The Morgan fingerprint density at radius 3 is 2.50 bits per heavy atom. The van der Waals surface area contributed by atoms with Crippen molar-refractivity contribution in [1.29, 1.82) is 0 Å². The summed E-state index contributed by atoms with van der Waals surface area (Å²) in [4.78, 5) is 12.4. The zero-order valence-corrected chi connectivity index (χ0v) is 17.6. The van der Waals surface area contributed by atoms with Crippen LogP contribution in [0.2, 0.25) is 0 Å². The van der Waals surface area contributed by atoms with Crippen LogP contribution in [0.3, 0.4) is 0 Å². The Morgan fingerprint density at radius 1 is 1.07 bits per heavy atom. The molecule has 0 unspecified atom stereocenters. The molecule has 162 valence electrons. The molecule has 1 fully saturated rings. The van der Waals surface area contributed by atoms with E-state index >= 15 is 0 Å². The molecule has 3 rings (SSSR count). The van der Waals surface area contributed by atoms with Crippen molar-refractivity contribution in [3.63, 3.8) is 0 Å². The molecular formula is C21H25FN2O5S. The maximum absolute atomic E-state index is 13.6. The Morgan fingerprint density at radius 2 is 1.80 bits per heavy atom. The van der Waals surface area contributed by atoms with Crippen molar-refractivity contribution < 1.29 is 27.1 Å². The summed E-state index contributed by atoms with van der Waals surface area (Å²) in [6.07, 6.45) is 2.67. The molecule has 0 aromatic heterocycles. The number of ether oxygens (including phenoxy) is 2. The number of rotatable bonds is 8. The number of hydrogen-bond acceptors (Lipinski definition) is 5. The minimum atomic E-state index is -3.67. The van der Waals surface area contributed by atoms with Crippen LogP contribution >= 0.6 is 0 Å². The zero-order chi connectivity index (χ0) is 21.6. The predicted molar refractivity (Wildman–Crippen MR) is 111 cm³/mol. The van der Waals surface area contributed by atoms with Crippen molar-refractivity contribution in [1.82, 2.24) is 4.31 Å². The van der Waals surface area contributed by atoms with Gasteiger partial charge in [-0.1, -0.05) is 18.6 Å². The van der Waals surface area contributed by atoms with Gasteiger partial charge in [-0.3, -0.25) is 4.79 Å². The second-order valence-electron chi connectivity index (χ2n) is 6.82. The quantitative estimate of drug-likeness (QED) is 0.686. The van der Waals surface area contributed by atoms with Crippen LogP contribution in [0.5, 0.6) is 11.5 Å². The fourth-order valence-electron chi connectivity index (χ4n) is 3.19. The fraction of sp³-hybridized carbons (Fsp3) is 0.381. The number of anilines is 1. The molecule has 1 aliphatic rings. The third-order valence-electron chi connectivity index (χ3n) is 4.67. The number of sulfonamides is 1. The maximum atomic E-state index is 13.6. The number of carbonyl (C=O) groups is 1. The molecule has 1 heterocycles. The smallest absolute Gasteiger partial charge is 0.262 e. The SMILES string of the molecule is CCOc1ccc(S(=O)(=O)N2CCCCC2)cc1NC(=O)COc1ccccc1F. The Hall–Kier alpha value is -2.65. The van der Waals surface area contributed by atoms with Crippen molar-refractivity contribution in [3.8, 4) is 11.5 Å². The van der Waals surface area contributed by atoms with E-state index in [1.807, 2.05) is 0 Å². The summed E-state index contributed by atoms with van der Waals surface area (Å²) in [7, 11) is -3.67. The van der Waals surface area contributed by atoms with Gasteiger partial charge >= 0.3 is 0 Å². The first-order chi connectivity index (χ1) is 14.4. The summed E-state index contributed by atoms with van der Waals surface area (Å²) in [6, 6.07) is 10.1. The lowest BCUT2D eigenvalue weighted by atomic mass is 10.2. The summed E-state index contributed by atoms with van der Waals surface area (Å²) >= 11 is 0. The van der Waals surface area contributed by atoms with Gasteiger partial charge in [-0.05, 0) is 50.1 Å². The number of para-hydroxylation sites is 1. The molecule has 0 spiro atoms. The fourth-order valence-corrected chi connectivity index (χ4v) is 4.74. The van der Waals surface area contributed by atoms with Gasteiger partial charge < -0.3 is 14.8 Å². The second kappa shape index (κ2) is 9.90. The van der Waals surface area contributed by atoms with Crippen LogP contribution in [0.25, 0.3) is 0 Å². The Labute approximate surface area is 175 Å². The van der Waals surface area contributed by atoms with Crippen LogP contribution in [0, 0.1) is 5.82 Å². The van der Waals surface area contributed by atoms with Gasteiger partial charge in [0.05, 0.1) is 17.2 Å². The van der Waals surface area contributed by atoms with Gasteiger partial charge in [0, 0.05) is 13.1 Å². The molecule has 2 aromatic rings. The van der Waals surface area contributed by atoms with Crippen LogP contribution < -0.4 is 14.8 Å². The molecule has 9 heteroatoms. The lowest BCUT2D eigenvalue weighted by Gasteiger charge is -2.26. The molecule has 0 atom stereocenters. The molecule has 1 amide bonds. The zero-order valence-electron chi connectivity index (χ0n) is 16.8. The number of carbonyl (C=O) groups excluding carboxylic acids is 1. The highest BCUT2D eigenvalue weighted by atomic mass is 32.2. The van der Waals surface area contributed by atoms with E-state index < -0.39 is 28.4 Å². The molecular weight excluding hydrogens is 411 g/mol. The average molecular weight is 437 g/mol. The molecule has 7 nitrogen and oxygen atoms in total. The molecule has 0 saturated carbocycles. The highest BCUT2D eigenvalue weighted by Crippen LogP contribution is 2.30. The second-order valence-corrected chi connectivity index (χ2v) is 8.76. The van der Waals surface area contributed by atoms with Crippen LogP contribution in [-0.4, -0.2) is 44.9 Å². The number of benzene rings is 2. The van der Waals surface area contributed by atoms with Gasteiger partial charge in [0.15, 0.2) is 18.2 Å². The van der Waals surface area contributed by atoms with Crippen molar-refractivity contribution in [2.45, 2.75) is 31.1 Å². The van der Waals surface area contributed by atoms with E-state index in [1.54, 1.807) is 13.0 Å². The number of nitrogens with one attached hydrogen (secondary N) is 1. The number of piperidine rings is 1. The number of amides is 1. The first-order valence-corrected chi connectivity index (χ1v) is 11.3. The van der Waals surface area contributed by atoms with Gasteiger partial charge in [0.1, 0.15) is 5.75 Å². The molecule has 1 N–H and O–H groups in total. The lowest BCUT2D eigenvalue weighted by molar-refractivity contribution is -0.118. The van der Waals surface area contributed by atoms with Gasteiger partial charge in [0.25, 0.3) is 5.91 Å². The molecule has 30 heavy (non-hydrogen) atoms. The summed E-state index contributed by atoms with van der Waals surface area (Å²) in [5.74, 6) is -0.838. The monoisotopic (exact) mass is 436 g/mol. The summed E-state index contributed by atoms with van der Waals surface area (Å²) < 4.78 is 51.7. The minimum absolute atomic E-state index is 0.0425. The summed E-state index contributed by atoms with van der Waals surface area (Å²) in [6.45, 7) is 2.65. The van der Waals surface area contributed by atoms with E-state index in [4.69, 9.17) is 9.47 Å². The Bertz CT molecular complexity index is 991. The van der Waals surface area contributed by atoms with Crippen LogP contribution in [0.1, 0.15) is 26.2 Å². The van der Waals surface area contributed by atoms with Crippen molar-refractivity contribution in [2.24, 2.45) is 0 Å². The van der Waals surface area contributed by atoms with Gasteiger partial charge in [-0.25, -0.2) is 12.8 Å². The van der Waals surface area contributed by atoms with E-state index in [2.05, 4.69) is 5.32 Å². The van der Waals surface area contributed by atoms with Crippen LogP contribution in [-0.2, 0) is 14.8 Å². The van der Waals surface area contributed by atoms with Gasteiger partial charge in [-0.2, -0.15) is 4.31 Å². The van der Waals surface area contributed by atoms with E-state index in [0.717, 1.165) is 19.3 Å². The average Bonchev–Trinajstić information content (AvgIpc) is 2.75. The van der Waals surface area contributed by atoms with Crippen LogP contribution in [0.4, 0.5) is 10.1 Å². The first-order valence-electron chi connectivity index (χ1n) is 9.86. The maximum Gasteiger partial charge on any atom is 0.262 e. The number of halogens is 1. The Balaban J connectivity index is 1.77. The van der Waals surface area contributed by atoms with Crippen molar-refractivity contribution in [2.75, 3.05) is 31.6 Å². The standard InChI is InChI=1S/C21H25FN2O5S/c1-2-28-20-11-10-16(30(26,27)24-12-6-3-7-13-24)14-18(20)23-21(25)15-29-19-9-5-4-8-17(19)22/h4-5,8-11,14H,2-3,6-7,12-13,15H2,1H3,(H,23,25). The molecule has 1 aliphatic heterocycles. The van der Waals surface area contributed by atoms with E-state index in [9.17, 15) is 17.6 Å². The van der Waals surface area contributed by atoms with Crippen molar-refractivity contribution >= 4 is 21.6 Å². The lowest BCUT2D eigenvalue weighted by Crippen LogP contribution is -2.35. The largest absolute Gasteiger partial charge is 0.492 e. The number of hydrogen-bond donors (Lipinski definition) is 1. The molecule has 2 aromatic carbocycles. The van der Waals surface area contributed by atoms with Crippen LogP contribution in [0.15, 0.2) is 47.4 Å². The topological polar surface area (TPSA) is 84.9 Å². The van der Waals surface area contributed by atoms with E-state index in [-0.39, 0.29) is 16.3 Å². The Kier molecular flexibility index (Phi) is 7.28. The highest BCUT2D eigenvalue weighted by molar-refractivity contribution is 7.89. The van der Waals surface area contributed by atoms with Gasteiger partial charge in [0.2, 0.25) is 10.0 Å². The number of nitrogens with zero attached hydrogens (tertiary/aromatic N) is 1. The molecule has 0 radical (unpaired) electrons. The normalized spacial score (nSPS) is 14.9. The third kappa shape index (κ3) is 5.28. The molecule has 0 bridgehead atoms. The summed E-state index contributed by atoms with van der Waals surface area (Å²) in [5.41, 5.74) is 0.220. The third-order valence-corrected chi connectivity index (χ3v) is 6.57. The summed E-state index contributed by atoms with van der Waals surface area (Å²) in [5, 5.41) is 2.61. The van der Waals surface area contributed by atoms with E-state index in [0.29, 0.717) is 25.4 Å². The molecule has 1 saturated heterocycles. The van der Waals surface area contributed by atoms with E-state index in [1.165, 1.54) is 40.7 Å². The predicted octanol–water partition coefficient (Wildman–Crippen LogP) is 3.42. The van der Waals surface area contributed by atoms with Gasteiger partial charge in [-0.15, -0.1) is 0 Å².